The number of hydrogen-bond donors (Lipinski definition) is 3. The third kappa shape index (κ3) is 6.16. The molecule has 1 fully saturated rings. The standard InChI is InChI=1S/C29H28N4O3/c1-19(24-12-6-9-21-7-2-4-10-25(21)24)31-29(36)26-11-5-3-8-22(26)15-16-27(34)32-33-28(35)23(18-30)17-20-13-14-20/h2-12,17,19-20H,13-16H2,1H3,(H,31,36)(H,32,34)(H,33,35)/b23-17-. The number of aryl methyl sites for hydroxylation is 1. The van der Waals surface area contributed by atoms with Gasteiger partial charge in [0, 0.05) is 12.0 Å². The van der Waals surface area contributed by atoms with Crippen molar-refractivity contribution in [3.8, 4) is 6.07 Å². The van der Waals surface area contributed by atoms with Crippen molar-refractivity contribution in [2.75, 3.05) is 0 Å². The predicted octanol–water partition coefficient (Wildman–Crippen LogP) is 4.27. The van der Waals surface area contributed by atoms with E-state index in [2.05, 4.69) is 16.2 Å². The number of nitriles is 1. The molecular weight excluding hydrogens is 452 g/mol. The summed E-state index contributed by atoms with van der Waals surface area (Å²) in [6.45, 7) is 1.95. The van der Waals surface area contributed by atoms with Crippen LogP contribution in [0.1, 0.15) is 53.7 Å². The topological polar surface area (TPSA) is 111 Å². The van der Waals surface area contributed by atoms with Crippen LogP contribution in [0.3, 0.4) is 0 Å². The zero-order chi connectivity index (χ0) is 25.5. The van der Waals surface area contributed by atoms with Crippen molar-refractivity contribution in [3.63, 3.8) is 0 Å². The molecule has 7 nitrogen and oxygen atoms in total. The number of nitrogens with one attached hydrogen (secondary N) is 3. The van der Waals surface area contributed by atoms with E-state index in [1.807, 2.05) is 67.6 Å². The lowest BCUT2D eigenvalue weighted by Gasteiger charge is -2.18. The molecule has 3 aromatic rings. The molecule has 0 radical (unpaired) electrons. The van der Waals surface area contributed by atoms with E-state index in [0.717, 1.165) is 34.7 Å². The van der Waals surface area contributed by atoms with Gasteiger partial charge in [0.2, 0.25) is 5.91 Å². The molecule has 1 unspecified atom stereocenters. The first-order chi connectivity index (χ1) is 17.5. The van der Waals surface area contributed by atoms with E-state index < -0.39 is 11.8 Å². The van der Waals surface area contributed by atoms with Crippen LogP contribution >= 0.6 is 0 Å². The Bertz CT molecular complexity index is 1360. The number of hydrazine groups is 1. The number of allylic oxidation sites excluding steroid dienone is 1. The van der Waals surface area contributed by atoms with E-state index in [-0.39, 0.29) is 29.9 Å². The monoisotopic (exact) mass is 480 g/mol. The van der Waals surface area contributed by atoms with Gasteiger partial charge < -0.3 is 5.32 Å². The van der Waals surface area contributed by atoms with Crippen molar-refractivity contribution in [1.29, 1.82) is 5.26 Å². The molecule has 3 aromatic carbocycles. The van der Waals surface area contributed by atoms with Gasteiger partial charge in [0.15, 0.2) is 0 Å². The predicted molar refractivity (Wildman–Crippen MR) is 137 cm³/mol. The fourth-order valence-electron chi connectivity index (χ4n) is 4.11. The number of fused-ring (bicyclic) bond motifs is 1. The summed E-state index contributed by atoms with van der Waals surface area (Å²) in [7, 11) is 0. The van der Waals surface area contributed by atoms with Crippen molar-refractivity contribution < 1.29 is 14.4 Å². The highest BCUT2D eigenvalue weighted by Gasteiger charge is 2.22. The lowest BCUT2D eigenvalue weighted by atomic mass is 9.98. The number of amides is 3. The van der Waals surface area contributed by atoms with Crippen LogP contribution < -0.4 is 16.2 Å². The maximum Gasteiger partial charge on any atom is 0.280 e. The molecule has 1 aliphatic carbocycles. The van der Waals surface area contributed by atoms with Gasteiger partial charge in [0.1, 0.15) is 11.6 Å². The van der Waals surface area contributed by atoms with Crippen LogP contribution in [-0.2, 0) is 16.0 Å². The number of nitrogens with zero attached hydrogens (tertiary/aromatic N) is 1. The van der Waals surface area contributed by atoms with Gasteiger partial charge in [-0.2, -0.15) is 5.26 Å². The number of rotatable bonds is 8. The fraction of sp³-hybridized carbons (Fsp3) is 0.241. The van der Waals surface area contributed by atoms with E-state index in [1.165, 1.54) is 0 Å². The van der Waals surface area contributed by atoms with Crippen LogP contribution in [0, 0.1) is 17.2 Å². The van der Waals surface area contributed by atoms with E-state index >= 15 is 0 Å². The quantitative estimate of drug-likeness (QED) is 0.254. The van der Waals surface area contributed by atoms with Crippen LogP contribution in [0.25, 0.3) is 10.8 Å². The van der Waals surface area contributed by atoms with Gasteiger partial charge in [-0.05, 0) is 60.1 Å². The molecule has 1 aliphatic rings. The molecule has 0 aliphatic heterocycles. The van der Waals surface area contributed by atoms with Gasteiger partial charge in [0.25, 0.3) is 11.8 Å². The minimum absolute atomic E-state index is 0.000121. The van der Waals surface area contributed by atoms with E-state index in [9.17, 15) is 14.4 Å². The zero-order valence-corrected chi connectivity index (χ0v) is 20.1. The van der Waals surface area contributed by atoms with Gasteiger partial charge in [-0.3, -0.25) is 25.2 Å². The second-order valence-electron chi connectivity index (χ2n) is 8.95. The molecule has 4 rings (SSSR count). The van der Waals surface area contributed by atoms with E-state index in [1.54, 1.807) is 18.2 Å². The Balaban J connectivity index is 1.35. The smallest absolute Gasteiger partial charge is 0.280 e. The molecule has 7 heteroatoms. The highest BCUT2D eigenvalue weighted by molar-refractivity contribution is 5.98. The molecule has 0 spiro atoms. The molecule has 0 bridgehead atoms. The fourth-order valence-corrected chi connectivity index (χ4v) is 4.11. The van der Waals surface area contributed by atoms with Crippen molar-refractivity contribution in [2.45, 2.75) is 38.6 Å². The largest absolute Gasteiger partial charge is 0.345 e. The van der Waals surface area contributed by atoms with Crippen molar-refractivity contribution in [3.05, 3.63) is 95.1 Å². The van der Waals surface area contributed by atoms with Gasteiger partial charge in [-0.1, -0.05) is 66.7 Å². The summed E-state index contributed by atoms with van der Waals surface area (Å²) in [6, 6.07) is 22.9. The lowest BCUT2D eigenvalue weighted by Crippen LogP contribution is -2.42. The average Bonchev–Trinajstić information content (AvgIpc) is 3.73. The van der Waals surface area contributed by atoms with Crippen molar-refractivity contribution in [2.24, 2.45) is 5.92 Å². The van der Waals surface area contributed by atoms with Crippen LogP contribution in [0.5, 0.6) is 0 Å². The maximum atomic E-state index is 13.1. The third-order valence-corrected chi connectivity index (χ3v) is 6.23. The number of carbonyl (C=O) groups is 3. The van der Waals surface area contributed by atoms with E-state index in [0.29, 0.717) is 12.0 Å². The van der Waals surface area contributed by atoms with Crippen molar-refractivity contribution in [1.82, 2.24) is 16.2 Å². The first kappa shape index (κ1) is 24.7. The first-order valence-electron chi connectivity index (χ1n) is 12.0. The Labute approximate surface area is 210 Å². The maximum absolute atomic E-state index is 13.1. The second kappa shape index (κ2) is 11.3. The minimum Gasteiger partial charge on any atom is -0.345 e. The normalized spacial score (nSPS) is 13.9. The number of hydrogen-bond acceptors (Lipinski definition) is 4. The lowest BCUT2D eigenvalue weighted by molar-refractivity contribution is -0.127. The molecule has 36 heavy (non-hydrogen) atoms. The average molecular weight is 481 g/mol. The highest BCUT2D eigenvalue weighted by atomic mass is 16.2. The molecule has 3 amide bonds. The molecule has 0 aromatic heterocycles. The Morgan fingerprint density at radius 2 is 1.72 bits per heavy atom. The molecule has 3 N–H and O–H groups in total. The molecule has 0 heterocycles. The summed E-state index contributed by atoms with van der Waals surface area (Å²) >= 11 is 0. The van der Waals surface area contributed by atoms with Gasteiger partial charge in [0.05, 0.1) is 6.04 Å². The summed E-state index contributed by atoms with van der Waals surface area (Å²) in [5.41, 5.74) is 6.90. The summed E-state index contributed by atoms with van der Waals surface area (Å²) in [5.74, 6) is -0.984. The summed E-state index contributed by atoms with van der Waals surface area (Å²) in [6.07, 6.45) is 3.96. The Morgan fingerprint density at radius 1 is 1.00 bits per heavy atom. The number of benzene rings is 3. The minimum atomic E-state index is -0.625. The van der Waals surface area contributed by atoms with Crippen LogP contribution in [0.2, 0.25) is 0 Å². The van der Waals surface area contributed by atoms with Gasteiger partial charge in [-0.15, -0.1) is 0 Å². The number of carbonyl (C=O) groups excluding carboxylic acids is 3. The first-order valence-corrected chi connectivity index (χ1v) is 12.0. The molecule has 1 saturated carbocycles. The highest BCUT2D eigenvalue weighted by Crippen LogP contribution is 2.31. The SMILES string of the molecule is CC(NC(=O)c1ccccc1CCC(=O)NNC(=O)/C(C#N)=C\C1CC1)c1cccc2ccccc12. The summed E-state index contributed by atoms with van der Waals surface area (Å²) in [5, 5.41) is 14.4. The van der Waals surface area contributed by atoms with Crippen LogP contribution in [-0.4, -0.2) is 17.7 Å². The Hall–Kier alpha value is -4.44. The van der Waals surface area contributed by atoms with E-state index in [4.69, 9.17) is 5.26 Å². The second-order valence-corrected chi connectivity index (χ2v) is 8.95. The zero-order valence-electron chi connectivity index (χ0n) is 20.1. The molecule has 1 atom stereocenters. The molecular formula is C29H28N4O3. The Kier molecular flexibility index (Phi) is 7.76. The van der Waals surface area contributed by atoms with Gasteiger partial charge in [-0.25, -0.2) is 0 Å². The van der Waals surface area contributed by atoms with Crippen LogP contribution in [0.15, 0.2) is 78.4 Å². The summed E-state index contributed by atoms with van der Waals surface area (Å²) in [4.78, 5) is 37.5. The third-order valence-electron chi connectivity index (χ3n) is 6.23. The summed E-state index contributed by atoms with van der Waals surface area (Å²) < 4.78 is 0. The van der Waals surface area contributed by atoms with Gasteiger partial charge >= 0.3 is 0 Å². The Morgan fingerprint density at radius 3 is 2.50 bits per heavy atom. The molecule has 0 saturated heterocycles. The molecule has 182 valence electrons. The van der Waals surface area contributed by atoms with Crippen LogP contribution in [0.4, 0.5) is 0 Å². The van der Waals surface area contributed by atoms with Crippen molar-refractivity contribution >= 4 is 28.5 Å².